The molecule has 3 aromatic rings. The summed E-state index contributed by atoms with van der Waals surface area (Å²) in [5.41, 5.74) is 2.55. The van der Waals surface area contributed by atoms with Crippen LogP contribution in [0.3, 0.4) is 0 Å². The summed E-state index contributed by atoms with van der Waals surface area (Å²) >= 11 is 0. The Morgan fingerprint density at radius 2 is 2.00 bits per heavy atom. The number of anilines is 1. The Labute approximate surface area is 201 Å². The zero-order valence-electron chi connectivity index (χ0n) is 19.3. The van der Waals surface area contributed by atoms with E-state index in [9.17, 15) is 18.8 Å². The molecule has 0 spiro atoms. The van der Waals surface area contributed by atoms with Gasteiger partial charge in [0.05, 0.1) is 35.8 Å². The van der Waals surface area contributed by atoms with Crippen molar-refractivity contribution < 1.29 is 23.3 Å². The first-order valence-corrected chi connectivity index (χ1v) is 11.5. The fourth-order valence-corrected chi connectivity index (χ4v) is 4.89. The van der Waals surface area contributed by atoms with Crippen LogP contribution in [0.2, 0.25) is 0 Å². The average molecular weight is 477 g/mol. The van der Waals surface area contributed by atoms with Crippen molar-refractivity contribution in [2.24, 2.45) is 5.92 Å². The van der Waals surface area contributed by atoms with E-state index in [1.807, 2.05) is 11.0 Å². The SMILES string of the molecule is CN(Cc1ccon1)C(=O)[C@H]1CCCN(c2cccc3c2C(=O)N(Cc2cccc(F)c2)C3=O)C1. The third-order valence-corrected chi connectivity index (χ3v) is 6.58. The smallest absolute Gasteiger partial charge is 0.263 e. The van der Waals surface area contributed by atoms with E-state index in [0.29, 0.717) is 47.7 Å². The quantitative estimate of drug-likeness (QED) is 0.507. The number of fused-ring (bicyclic) bond motifs is 1. The third-order valence-electron chi connectivity index (χ3n) is 6.58. The first-order chi connectivity index (χ1) is 16.9. The molecule has 0 radical (unpaired) electrons. The number of amides is 3. The standard InChI is InChI=1S/C26H25FN4O4/c1-29(16-20-10-12-35-28-20)24(32)18-6-4-11-30(15-18)22-9-3-8-21-23(22)26(34)31(25(21)33)14-17-5-2-7-19(27)13-17/h2-3,5,7-10,12-13,18H,4,6,11,14-16H2,1H3/t18-/m0/s1. The van der Waals surface area contributed by atoms with E-state index in [1.165, 1.54) is 18.4 Å². The van der Waals surface area contributed by atoms with Crippen molar-refractivity contribution >= 4 is 23.4 Å². The van der Waals surface area contributed by atoms with E-state index in [-0.39, 0.29) is 18.4 Å². The van der Waals surface area contributed by atoms with Gasteiger partial charge >= 0.3 is 0 Å². The van der Waals surface area contributed by atoms with E-state index in [1.54, 1.807) is 42.3 Å². The molecule has 2 aliphatic heterocycles. The lowest BCUT2D eigenvalue weighted by molar-refractivity contribution is -0.135. The van der Waals surface area contributed by atoms with Crippen LogP contribution in [0.4, 0.5) is 10.1 Å². The second kappa shape index (κ2) is 9.32. The molecule has 9 heteroatoms. The number of benzene rings is 2. The summed E-state index contributed by atoms with van der Waals surface area (Å²) in [5.74, 6) is -1.46. The summed E-state index contributed by atoms with van der Waals surface area (Å²) in [6.07, 6.45) is 3.00. The molecular formula is C26H25FN4O4. The number of aromatic nitrogens is 1. The second-order valence-corrected chi connectivity index (χ2v) is 9.00. The predicted octanol–water partition coefficient (Wildman–Crippen LogP) is 3.48. The Kier molecular flexibility index (Phi) is 6.07. The molecule has 5 rings (SSSR count). The van der Waals surface area contributed by atoms with Crippen LogP contribution in [-0.2, 0) is 17.9 Å². The fourth-order valence-electron chi connectivity index (χ4n) is 4.89. The summed E-state index contributed by atoms with van der Waals surface area (Å²) in [5, 5.41) is 3.87. The molecule has 35 heavy (non-hydrogen) atoms. The van der Waals surface area contributed by atoms with Gasteiger partial charge in [0, 0.05) is 26.2 Å². The normalized spacial score (nSPS) is 17.6. The molecular weight excluding hydrogens is 451 g/mol. The molecule has 8 nitrogen and oxygen atoms in total. The number of hydrogen-bond acceptors (Lipinski definition) is 6. The fraction of sp³-hybridized carbons (Fsp3) is 0.308. The molecule has 1 aromatic heterocycles. The molecule has 3 heterocycles. The third kappa shape index (κ3) is 4.41. The van der Waals surface area contributed by atoms with Gasteiger partial charge in [0.1, 0.15) is 17.8 Å². The number of carbonyl (C=O) groups excluding carboxylic acids is 3. The maximum Gasteiger partial charge on any atom is 0.263 e. The predicted molar refractivity (Wildman–Crippen MR) is 125 cm³/mol. The highest BCUT2D eigenvalue weighted by Crippen LogP contribution is 2.35. The molecule has 0 unspecified atom stereocenters. The topological polar surface area (TPSA) is 87.0 Å². The van der Waals surface area contributed by atoms with E-state index in [0.717, 1.165) is 17.7 Å². The molecule has 1 atom stereocenters. The Balaban J connectivity index is 1.35. The maximum atomic E-state index is 13.6. The van der Waals surface area contributed by atoms with Gasteiger partial charge in [-0.2, -0.15) is 0 Å². The first-order valence-electron chi connectivity index (χ1n) is 11.5. The number of imide groups is 1. The van der Waals surface area contributed by atoms with Crippen LogP contribution < -0.4 is 4.90 Å². The molecule has 2 aromatic carbocycles. The lowest BCUT2D eigenvalue weighted by atomic mass is 9.95. The summed E-state index contributed by atoms with van der Waals surface area (Å²) < 4.78 is 18.5. The number of nitrogens with zero attached hydrogens (tertiary/aromatic N) is 4. The number of halogens is 1. The molecule has 3 amide bonds. The first kappa shape index (κ1) is 22.8. The average Bonchev–Trinajstić information content (AvgIpc) is 3.46. The number of piperidine rings is 1. The Morgan fingerprint density at radius 1 is 1.17 bits per heavy atom. The van der Waals surface area contributed by atoms with Crippen LogP contribution in [0.1, 0.15) is 44.8 Å². The second-order valence-electron chi connectivity index (χ2n) is 9.00. The van der Waals surface area contributed by atoms with Crippen LogP contribution in [0.25, 0.3) is 0 Å². The molecule has 0 saturated carbocycles. The van der Waals surface area contributed by atoms with Gasteiger partial charge in [-0.1, -0.05) is 23.4 Å². The van der Waals surface area contributed by atoms with Gasteiger partial charge < -0.3 is 14.3 Å². The highest BCUT2D eigenvalue weighted by atomic mass is 19.1. The van der Waals surface area contributed by atoms with Crippen LogP contribution in [0.5, 0.6) is 0 Å². The van der Waals surface area contributed by atoms with Crippen molar-refractivity contribution in [3.63, 3.8) is 0 Å². The minimum Gasteiger partial charge on any atom is -0.370 e. The number of hydrogen-bond donors (Lipinski definition) is 0. The lowest BCUT2D eigenvalue weighted by Gasteiger charge is -2.36. The maximum absolute atomic E-state index is 13.6. The van der Waals surface area contributed by atoms with Gasteiger partial charge in [-0.25, -0.2) is 4.39 Å². The molecule has 0 aliphatic carbocycles. The van der Waals surface area contributed by atoms with Gasteiger partial charge in [0.25, 0.3) is 11.8 Å². The van der Waals surface area contributed by atoms with Crippen molar-refractivity contribution in [3.05, 3.63) is 83.0 Å². The van der Waals surface area contributed by atoms with E-state index in [2.05, 4.69) is 5.16 Å². The highest BCUT2D eigenvalue weighted by molar-refractivity contribution is 6.23. The Hall–Kier alpha value is -4.01. The van der Waals surface area contributed by atoms with E-state index < -0.39 is 17.6 Å². The minimum atomic E-state index is -0.419. The van der Waals surface area contributed by atoms with Gasteiger partial charge in [-0.3, -0.25) is 19.3 Å². The van der Waals surface area contributed by atoms with Gasteiger partial charge in [-0.15, -0.1) is 0 Å². The highest BCUT2D eigenvalue weighted by Gasteiger charge is 2.39. The van der Waals surface area contributed by atoms with Gasteiger partial charge in [-0.05, 0) is 42.7 Å². The van der Waals surface area contributed by atoms with Crippen molar-refractivity contribution in [1.82, 2.24) is 15.0 Å². The number of carbonyl (C=O) groups is 3. The van der Waals surface area contributed by atoms with Crippen molar-refractivity contribution in [3.8, 4) is 0 Å². The van der Waals surface area contributed by atoms with Crippen LogP contribution >= 0.6 is 0 Å². The Bertz CT molecular complexity index is 1280. The monoisotopic (exact) mass is 476 g/mol. The minimum absolute atomic E-state index is 0.000380. The van der Waals surface area contributed by atoms with Gasteiger partial charge in [0.2, 0.25) is 5.91 Å². The van der Waals surface area contributed by atoms with Crippen molar-refractivity contribution in [1.29, 1.82) is 0 Å². The molecule has 180 valence electrons. The Morgan fingerprint density at radius 3 is 2.77 bits per heavy atom. The largest absolute Gasteiger partial charge is 0.370 e. The molecule has 1 fully saturated rings. The molecule has 2 aliphatic rings. The van der Waals surface area contributed by atoms with E-state index >= 15 is 0 Å². The van der Waals surface area contributed by atoms with Gasteiger partial charge in [0.15, 0.2) is 0 Å². The van der Waals surface area contributed by atoms with Crippen molar-refractivity contribution in [2.75, 3.05) is 25.0 Å². The summed E-state index contributed by atoms with van der Waals surface area (Å²) in [4.78, 5) is 44.3. The zero-order chi connectivity index (χ0) is 24.5. The summed E-state index contributed by atoms with van der Waals surface area (Å²) in [7, 11) is 1.74. The number of rotatable bonds is 6. The summed E-state index contributed by atoms with van der Waals surface area (Å²) in [6.45, 7) is 1.48. The molecule has 0 bridgehead atoms. The van der Waals surface area contributed by atoms with E-state index in [4.69, 9.17) is 4.52 Å². The lowest BCUT2D eigenvalue weighted by Crippen LogP contribution is -2.44. The van der Waals surface area contributed by atoms with Crippen molar-refractivity contribution in [2.45, 2.75) is 25.9 Å². The molecule has 1 saturated heterocycles. The molecule has 0 N–H and O–H groups in total. The summed E-state index contributed by atoms with van der Waals surface area (Å²) in [6, 6.07) is 12.8. The zero-order valence-corrected chi connectivity index (χ0v) is 19.3. The van der Waals surface area contributed by atoms with Crippen LogP contribution in [0, 0.1) is 11.7 Å². The van der Waals surface area contributed by atoms with Crippen LogP contribution in [-0.4, -0.2) is 52.8 Å². The van der Waals surface area contributed by atoms with Crippen LogP contribution in [0.15, 0.2) is 59.3 Å².